The van der Waals surface area contributed by atoms with Crippen LogP contribution in [0.1, 0.15) is 38.2 Å². The maximum atomic E-state index is 13.7. The highest BCUT2D eigenvalue weighted by molar-refractivity contribution is 7.92. The summed E-state index contributed by atoms with van der Waals surface area (Å²) in [5.74, 6) is 0.0194. The first-order valence-electron chi connectivity index (χ1n) is 12.4. The van der Waals surface area contributed by atoms with Crippen LogP contribution in [-0.2, 0) is 26.2 Å². The number of halogens is 2. The Balaban J connectivity index is 1.62. The van der Waals surface area contributed by atoms with E-state index in [1.54, 1.807) is 37.3 Å². The highest BCUT2D eigenvalue weighted by Gasteiger charge is 2.32. The van der Waals surface area contributed by atoms with Gasteiger partial charge in [-0.3, -0.25) is 13.9 Å². The third-order valence-electron chi connectivity index (χ3n) is 6.72. The smallest absolute Gasteiger partial charge is 0.244 e. The number of benzene rings is 2. The Bertz CT molecular complexity index is 1300. The van der Waals surface area contributed by atoms with Crippen molar-refractivity contribution < 1.29 is 27.5 Å². The second-order valence-corrected chi connectivity index (χ2v) is 12.3. The summed E-state index contributed by atoms with van der Waals surface area (Å²) in [6.07, 6.45) is 4.89. The summed E-state index contributed by atoms with van der Waals surface area (Å²) < 4.78 is 37.7. The van der Waals surface area contributed by atoms with Gasteiger partial charge in [-0.25, -0.2) is 8.42 Å². The minimum atomic E-state index is -3.88. The second-order valence-electron chi connectivity index (χ2n) is 9.52. The van der Waals surface area contributed by atoms with E-state index in [2.05, 4.69) is 5.32 Å². The molecule has 1 fully saturated rings. The van der Waals surface area contributed by atoms with Crippen LogP contribution in [0.4, 0.5) is 5.69 Å². The fourth-order valence-corrected chi connectivity index (χ4v) is 5.92. The standard InChI is InChI=1S/C26H31Cl2N3O6S/c1-17(26(33)29-20-5-3-4-6-20)30(15-18-7-8-19(27)13-22(18)28)25(32)16-31(38(2,34)35)21-9-10-23-24(14-21)37-12-11-36-23/h7-10,13-14,17,20H,3-6,11-12,15-16H2,1-2H3,(H,29,33)/t17-/m0/s1. The molecule has 1 aliphatic carbocycles. The number of anilines is 1. The van der Waals surface area contributed by atoms with Crippen LogP contribution in [0.5, 0.6) is 11.5 Å². The molecule has 2 aromatic rings. The lowest BCUT2D eigenvalue weighted by atomic mass is 10.1. The van der Waals surface area contributed by atoms with Gasteiger partial charge in [0.15, 0.2) is 11.5 Å². The Morgan fingerprint density at radius 3 is 2.39 bits per heavy atom. The van der Waals surface area contributed by atoms with Gasteiger partial charge in [0.25, 0.3) is 0 Å². The highest BCUT2D eigenvalue weighted by Crippen LogP contribution is 2.35. The second kappa shape index (κ2) is 12.0. The number of fused-ring (bicyclic) bond motifs is 1. The Morgan fingerprint density at radius 2 is 1.74 bits per heavy atom. The van der Waals surface area contributed by atoms with Gasteiger partial charge in [-0.05, 0) is 49.6 Å². The first-order chi connectivity index (χ1) is 18.0. The molecule has 0 bridgehead atoms. The number of ether oxygens (including phenoxy) is 2. The average Bonchev–Trinajstić information content (AvgIpc) is 3.38. The number of rotatable bonds is 9. The zero-order valence-electron chi connectivity index (χ0n) is 21.3. The molecule has 206 valence electrons. The Hall–Kier alpha value is -2.69. The van der Waals surface area contributed by atoms with Gasteiger partial charge in [0.1, 0.15) is 25.8 Å². The molecule has 0 saturated heterocycles. The molecule has 1 aliphatic heterocycles. The quantitative estimate of drug-likeness (QED) is 0.478. The van der Waals surface area contributed by atoms with E-state index in [1.165, 1.54) is 11.0 Å². The van der Waals surface area contributed by atoms with Crippen molar-refractivity contribution in [3.05, 3.63) is 52.0 Å². The van der Waals surface area contributed by atoms with Gasteiger partial charge in [0.2, 0.25) is 21.8 Å². The monoisotopic (exact) mass is 583 g/mol. The summed E-state index contributed by atoms with van der Waals surface area (Å²) in [7, 11) is -3.88. The third-order valence-corrected chi connectivity index (χ3v) is 8.45. The van der Waals surface area contributed by atoms with E-state index < -0.39 is 28.5 Å². The summed E-state index contributed by atoms with van der Waals surface area (Å²) in [5, 5.41) is 3.80. The topological polar surface area (TPSA) is 105 Å². The van der Waals surface area contributed by atoms with Gasteiger partial charge in [0, 0.05) is 28.7 Å². The van der Waals surface area contributed by atoms with Crippen molar-refractivity contribution in [3.8, 4) is 11.5 Å². The predicted molar refractivity (Wildman–Crippen MR) is 146 cm³/mol. The molecule has 1 atom stereocenters. The van der Waals surface area contributed by atoms with E-state index >= 15 is 0 Å². The molecular weight excluding hydrogens is 553 g/mol. The number of hydrogen-bond donors (Lipinski definition) is 1. The minimum absolute atomic E-state index is 0.00711. The van der Waals surface area contributed by atoms with Crippen molar-refractivity contribution >= 4 is 50.7 Å². The van der Waals surface area contributed by atoms with Crippen LogP contribution in [0.25, 0.3) is 0 Å². The molecule has 0 radical (unpaired) electrons. The fraction of sp³-hybridized carbons (Fsp3) is 0.462. The van der Waals surface area contributed by atoms with Crippen molar-refractivity contribution in [2.75, 3.05) is 30.3 Å². The summed E-state index contributed by atoms with van der Waals surface area (Å²) in [6.45, 7) is 1.82. The van der Waals surface area contributed by atoms with Crippen molar-refractivity contribution in [3.63, 3.8) is 0 Å². The highest BCUT2D eigenvalue weighted by atomic mass is 35.5. The molecule has 2 aromatic carbocycles. The molecular formula is C26H31Cl2N3O6S. The lowest BCUT2D eigenvalue weighted by Crippen LogP contribution is -2.52. The van der Waals surface area contributed by atoms with Crippen molar-refractivity contribution in [1.29, 1.82) is 0 Å². The van der Waals surface area contributed by atoms with E-state index in [-0.39, 0.29) is 24.2 Å². The molecule has 0 aromatic heterocycles. The van der Waals surface area contributed by atoms with Crippen LogP contribution < -0.4 is 19.1 Å². The first kappa shape index (κ1) is 28.3. The number of hydrogen-bond acceptors (Lipinski definition) is 6. The average molecular weight is 585 g/mol. The molecule has 4 rings (SSSR count). The maximum absolute atomic E-state index is 13.7. The number of nitrogens with zero attached hydrogens (tertiary/aromatic N) is 2. The molecule has 0 spiro atoms. The molecule has 9 nitrogen and oxygen atoms in total. The lowest BCUT2D eigenvalue weighted by molar-refractivity contribution is -0.139. The molecule has 2 aliphatic rings. The fourth-order valence-electron chi connectivity index (χ4n) is 4.61. The van der Waals surface area contributed by atoms with Crippen molar-refractivity contribution in [2.45, 2.75) is 51.2 Å². The van der Waals surface area contributed by atoms with Gasteiger partial charge in [-0.1, -0.05) is 42.1 Å². The van der Waals surface area contributed by atoms with Crippen LogP contribution in [0.2, 0.25) is 10.0 Å². The van der Waals surface area contributed by atoms with Gasteiger partial charge in [-0.2, -0.15) is 0 Å². The van der Waals surface area contributed by atoms with Gasteiger partial charge >= 0.3 is 0 Å². The molecule has 1 heterocycles. The van der Waals surface area contributed by atoms with Crippen LogP contribution in [-0.4, -0.2) is 63.2 Å². The molecule has 1 N–H and O–H groups in total. The molecule has 0 unspecified atom stereocenters. The van der Waals surface area contributed by atoms with E-state index in [0.717, 1.165) is 36.2 Å². The summed E-state index contributed by atoms with van der Waals surface area (Å²) in [6, 6.07) is 8.76. The maximum Gasteiger partial charge on any atom is 0.244 e. The van der Waals surface area contributed by atoms with Crippen LogP contribution in [0, 0.1) is 0 Å². The zero-order valence-corrected chi connectivity index (χ0v) is 23.6. The van der Waals surface area contributed by atoms with E-state index in [4.69, 9.17) is 32.7 Å². The van der Waals surface area contributed by atoms with E-state index in [9.17, 15) is 18.0 Å². The molecule has 1 saturated carbocycles. The number of sulfonamides is 1. The number of carbonyl (C=O) groups is 2. The normalized spacial score (nSPS) is 16.1. The molecule has 2 amide bonds. The van der Waals surface area contributed by atoms with E-state index in [1.807, 2.05) is 0 Å². The Kier molecular flexibility index (Phi) is 8.95. The van der Waals surface area contributed by atoms with Crippen LogP contribution >= 0.6 is 23.2 Å². The van der Waals surface area contributed by atoms with Gasteiger partial charge < -0.3 is 19.7 Å². The predicted octanol–water partition coefficient (Wildman–Crippen LogP) is 4.01. The first-order valence-corrected chi connectivity index (χ1v) is 15.0. The number of nitrogens with one attached hydrogen (secondary N) is 1. The number of amides is 2. The van der Waals surface area contributed by atoms with Crippen molar-refractivity contribution in [2.24, 2.45) is 0 Å². The molecule has 12 heteroatoms. The number of carbonyl (C=O) groups excluding carboxylic acids is 2. The lowest BCUT2D eigenvalue weighted by Gasteiger charge is -2.32. The van der Waals surface area contributed by atoms with Crippen molar-refractivity contribution in [1.82, 2.24) is 10.2 Å². The summed E-state index contributed by atoms with van der Waals surface area (Å²) in [4.78, 5) is 28.3. The largest absolute Gasteiger partial charge is 0.486 e. The van der Waals surface area contributed by atoms with E-state index in [0.29, 0.717) is 40.3 Å². The van der Waals surface area contributed by atoms with Gasteiger partial charge in [0.05, 0.1) is 11.9 Å². The summed E-state index contributed by atoms with van der Waals surface area (Å²) >= 11 is 12.4. The Morgan fingerprint density at radius 1 is 1.05 bits per heavy atom. The summed E-state index contributed by atoms with van der Waals surface area (Å²) in [5.41, 5.74) is 0.827. The van der Waals surface area contributed by atoms with Crippen LogP contribution in [0.15, 0.2) is 36.4 Å². The van der Waals surface area contributed by atoms with Gasteiger partial charge in [-0.15, -0.1) is 0 Å². The van der Waals surface area contributed by atoms with Crippen LogP contribution in [0.3, 0.4) is 0 Å². The third kappa shape index (κ3) is 6.84. The molecule has 38 heavy (non-hydrogen) atoms. The minimum Gasteiger partial charge on any atom is -0.486 e. The zero-order chi connectivity index (χ0) is 27.4. The Labute approximate surface area is 233 Å². The SMILES string of the molecule is C[C@@H](C(=O)NC1CCCC1)N(Cc1ccc(Cl)cc1Cl)C(=O)CN(c1ccc2c(c1)OCCO2)S(C)(=O)=O.